The number of hydrogen-bond acceptors (Lipinski definition) is 5. The van der Waals surface area contributed by atoms with Gasteiger partial charge in [0.1, 0.15) is 0 Å². The van der Waals surface area contributed by atoms with Crippen molar-refractivity contribution >= 4 is 15.7 Å². The largest absolute Gasteiger partial charge is 0.392 e. The molecule has 1 aromatic carbocycles. The number of halogens is 1. The van der Waals surface area contributed by atoms with Gasteiger partial charge in [0.2, 0.25) is 15.8 Å². The summed E-state index contributed by atoms with van der Waals surface area (Å²) < 4.78 is 39.0. The van der Waals surface area contributed by atoms with Gasteiger partial charge in [-0.05, 0) is 18.9 Å². The van der Waals surface area contributed by atoms with Crippen LogP contribution in [-0.4, -0.2) is 41.9 Å². The Balaban J connectivity index is 2.34. The van der Waals surface area contributed by atoms with Gasteiger partial charge in [-0.2, -0.15) is 8.70 Å². The Kier molecular flexibility index (Phi) is 4.02. The van der Waals surface area contributed by atoms with Gasteiger partial charge >= 0.3 is 5.69 Å². The minimum Gasteiger partial charge on any atom is -0.392 e. The van der Waals surface area contributed by atoms with Gasteiger partial charge in [0, 0.05) is 25.2 Å². The molecule has 1 fully saturated rings. The third kappa shape index (κ3) is 2.79. The van der Waals surface area contributed by atoms with Crippen molar-refractivity contribution in [2.75, 3.05) is 13.1 Å². The van der Waals surface area contributed by atoms with Gasteiger partial charge in [-0.25, -0.2) is 8.42 Å². The van der Waals surface area contributed by atoms with Crippen LogP contribution >= 0.6 is 0 Å². The van der Waals surface area contributed by atoms with E-state index in [4.69, 9.17) is 0 Å². The lowest BCUT2D eigenvalue weighted by molar-refractivity contribution is -0.387. The maximum Gasteiger partial charge on any atom is 0.304 e. The van der Waals surface area contributed by atoms with Gasteiger partial charge in [0.05, 0.1) is 15.9 Å². The molecule has 7 nitrogen and oxygen atoms in total. The zero-order valence-electron chi connectivity index (χ0n) is 10.4. The Morgan fingerprint density at radius 1 is 1.45 bits per heavy atom. The monoisotopic (exact) mass is 304 g/mol. The minimum atomic E-state index is -3.95. The Labute approximate surface area is 114 Å². The number of hydrogen-bond donors (Lipinski definition) is 1. The average molecular weight is 304 g/mol. The second-order valence-corrected chi connectivity index (χ2v) is 6.47. The Morgan fingerprint density at radius 2 is 2.15 bits per heavy atom. The number of nitro groups is 1. The van der Waals surface area contributed by atoms with E-state index in [0.29, 0.717) is 18.9 Å². The summed E-state index contributed by atoms with van der Waals surface area (Å²) in [6, 6.07) is 2.45. The highest BCUT2D eigenvalue weighted by molar-refractivity contribution is 7.89. The van der Waals surface area contributed by atoms with Crippen LogP contribution in [0.2, 0.25) is 0 Å². The van der Waals surface area contributed by atoms with Crippen LogP contribution < -0.4 is 0 Å². The summed E-state index contributed by atoms with van der Waals surface area (Å²) in [6.07, 6.45) is 0.276. The molecular formula is C11H13FN2O5S. The molecule has 110 valence electrons. The molecule has 0 aliphatic carbocycles. The summed E-state index contributed by atoms with van der Waals surface area (Å²) in [4.78, 5) is 9.23. The van der Waals surface area contributed by atoms with E-state index in [1.165, 1.54) is 0 Å². The van der Waals surface area contributed by atoms with Crippen molar-refractivity contribution in [2.45, 2.75) is 23.8 Å². The molecule has 0 bridgehead atoms. The maximum absolute atomic E-state index is 13.5. The molecule has 2 rings (SSSR count). The van der Waals surface area contributed by atoms with Crippen molar-refractivity contribution in [1.29, 1.82) is 0 Å². The standard InChI is InChI=1S/C11H13FN2O5S/c12-10-6-9(3-4-11(10)14(16)17)20(18,19)13-5-1-2-8(15)7-13/h3-4,6,8,15H,1-2,5,7H2. The highest BCUT2D eigenvalue weighted by atomic mass is 32.2. The molecule has 0 spiro atoms. The first-order chi connectivity index (χ1) is 9.32. The number of rotatable bonds is 3. The van der Waals surface area contributed by atoms with Crippen LogP contribution in [0.5, 0.6) is 0 Å². The van der Waals surface area contributed by atoms with Crippen molar-refractivity contribution < 1.29 is 22.8 Å². The quantitative estimate of drug-likeness (QED) is 0.660. The van der Waals surface area contributed by atoms with Gasteiger partial charge in [-0.1, -0.05) is 0 Å². The van der Waals surface area contributed by atoms with E-state index in [0.717, 1.165) is 16.4 Å². The molecule has 9 heteroatoms. The summed E-state index contributed by atoms with van der Waals surface area (Å²) in [5, 5.41) is 20.0. The molecular weight excluding hydrogens is 291 g/mol. The topological polar surface area (TPSA) is 101 Å². The number of aliphatic hydroxyl groups excluding tert-OH is 1. The molecule has 1 aromatic rings. The first-order valence-corrected chi connectivity index (χ1v) is 7.38. The van der Waals surface area contributed by atoms with Gasteiger partial charge in [0.25, 0.3) is 0 Å². The lowest BCUT2D eigenvalue weighted by Crippen LogP contribution is -2.42. The molecule has 0 aromatic heterocycles. The molecule has 1 aliphatic heterocycles. The van der Waals surface area contributed by atoms with Crippen LogP contribution in [0.15, 0.2) is 23.1 Å². The van der Waals surface area contributed by atoms with Crippen LogP contribution in [0, 0.1) is 15.9 Å². The number of β-amino-alcohol motifs (C(OH)–C–C–N with tert-alkyl or cyclic N) is 1. The van der Waals surface area contributed by atoms with Crippen molar-refractivity contribution in [2.24, 2.45) is 0 Å². The third-order valence-electron chi connectivity index (χ3n) is 3.11. The summed E-state index contributed by atoms with van der Waals surface area (Å²) in [6.45, 7) is 0.180. The van der Waals surface area contributed by atoms with Crippen molar-refractivity contribution in [3.05, 3.63) is 34.1 Å². The Hall–Kier alpha value is -1.58. The Morgan fingerprint density at radius 3 is 2.70 bits per heavy atom. The van der Waals surface area contributed by atoms with Crippen LogP contribution in [0.1, 0.15) is 12.8 Å². The van der Waals surface area contributed by atoms with Crippen LogP contribution in [-0.2, 0) is 10.0 Å². The van der Waals surface area contributed by atoms with Crippen LogP contribution in [0.4, 0.5) is 10.1 Å². The van der Waals surface area contributed by atoms with Gasteiger partial charge in [-0.3, -0.25) is 10.1 Å². The number of aliphatic hydroxyl groups is 1. The minimum absolute atomic E-state index is 0.0546. The zero-order valence-corrected chi connectivity index (χ0v) is 11.2. The second-order valence-electron chi connectivity index (χ2n) is 4.53. The predicted octanol–water partition coefficient (Wildman–Crippen LogP) is 0.879. The molecule has 1 unspecified atom stereocenters. The second kappa shape index (κ2) is 5.43. The number of piperidine rings is 1. The molecule has 0 amide bonds. The van der Waals surface area contributed by atoms with Crippen LogP contribution in [0.3, 0.4) is 0 Å². The lowest BCUT2D eigenvalue weighted by atomic mass is 10.1. The molecule has 1 heterocycles. The first-order valence-electron chi connectivity index (χ1n) is 5.94. The van der Waals surface area contributed by atoms with E-state index in [1.807, 2.05) is 0 Å². The van der Waals surface area contributed by atoms with Gasteiger partial charge < -0.3 is 5.11 Å². The molecule has 1 aliphatic rings. The summed E-state index contributed by atoms with van der Waals surface area (Å²) in [7, 11) is -3.95. The van der Waals surface area contributed by atoms with E-state index in [9.17, 15) is 28.0 Å². The highest BCUT2D eigenvalue weighted by Gasteiger charge is 2.30. The first kappa shape index (κ1) is 14.8. The SMILES string of the molecule is O=[N+]([O-])c1ccc(S(=O)(=O)N2CCCC(O)C2)cc1F. The number of sulfonamides is 1. The molecule has 1 saturated heterocycles. The third-order valence-corrected chi connectivity index (χ3v) is 4.97. The smallest absolute Gasteiger partial charge is 0.304 e. The fourth-order valence-electron chi connectivity index (χ4n) is 2.08. The van der Waals surface area contributed by atoms with Crippen molar-refractivity contribution in [3.8, 4) is 0 Å². The lowest BCUT2D eigenvalue weighted by Gasteiger charge is -2.29. The molecule has 1 atom stereocenters. The van der Waals surface area contributed by atoms with Gasteiger partial charge in [0.15, 0.2) is 0 Å². The number of nitrogens with zero attached hydrogens (tertiary/aromatic N) is 2. The van der Waals surface area contributed by atoms with E-state index in [1.54, 1.807) is 0 Å². The van der Waals surface area contributed by atoms with Crippen LogP contribution in [0.25, 0.3) is 0 Å². The van der Waals surface area contributed by atoms with Crippen molar-refractivity contribution in [1.82, 2.24) is 4.31 Å². The van der Waals surface area contributed by atoms with Crippen molar-refractivity contribution in [3.63, 3.8) is 0 Å². The number of nitro benzene ring substituents is 1. The fourth-order valence-corrected chi connectivity index (χ4v) is 3.61. The van der Waals surface area contributed by atoms with E-state index < -0.39 is 32.6 Å². The molecule has 20 heavy (non-hydrogen) atoms. The highest BCUT2D eigenvalue weighted by Crippen LogP contribution is 2.25. The summed E-state index contributed by atoms with van der Waals surface area (Å²) in [5.74, 6) is -1.20. The molecule has 0 saturated carbocycles. The molecule has 1 N–H and O–H groups in total. The van der Waals surface area contributed by atoms with E-state index in [2.05, 4.69) is 0 Å². The number of benzene rings is 1. The van der Waals surface area contributed by atoms with E-state index >= 15 is 0 Å². The average Bonchev–Trinajstić information content (AvgIpc) is 2.38. The van der Waals surface area contributed by atoms with Gasteiger partial charge in [-0.15, -0.1) is 0 Å². The summed E-state index contributed by atoms with van der Waals surface area (Å²) in [5.41, 5.74) is -0.775. The fraction of sp³-hybridized carbons (Fsp3) is 0.455. The normalized spacial score (nSPS) is 20.8. The summed E-state index contributed by atoms with van der Waals surface area (Å²) >= 11 is 0. The Bertz CT molecular complexity index is 634. The van der Waals surface area contributed by atoms with E-state index in [-0.39, 0.29) is 18.0 Å². The maximum atomic E-state index is 13.5. The molecule has 0 radical (unpaired) electrons. The predicted molar refractivity (Wildman–Crippen MR) is 67.1 cm³/mol. The zero-order chi connectivity index (χ0) is 14.9.